The largest absolute Gasteiger partial charge is 0.367 e. The van der Waals surface area contributed by atoms with E-state index in [1.165, 1.54) is 6.07 Å². The molecule has 1 aromatic carbocycles. The molecule has 1 aromatic heterocycles. The summed E-state index contributed by atoms with van der Waals surface area (Å²) in [7, 11) is 1.88. The Labute approximate surface area is 119 Å². The van der Waals surface area contributed by atoms with Crippen molar-refractivity contribution in [3.63, 3.8) is 0 Å². The van der Waals surface area contributed by atoms with Gasteiger partial charge in [0.15, 0.2) is 0 Å². The minimum atomic E-state index is -0.425. The average molecular weight is 298 g/mol. The lowest BCUT2D eigenvalue weighted by atomic mass is 10.1. The fourth-order valence-corrected chi connectivity index (χ4v) is 2.73. The number of nitrogens with zero attached hydrogens (tertiary/aromatic N) is 3. The summed E-state index contributed by atoms with van der Waals surface area (Å²) in [6.07, 6.45) is 1.75. The molecule has 0 spiro atoms. The molecule has 0 saturated carbocycles. The molecule has 0 unspecified atom stereocenters. The SMILES string of the molecule is Cc1cc(N(C)Cc2nccs2)c(Cl)cc1[N+](=O)[O-]. The summed E-state index contributed by atoms with van der Waals surface area (Å²) in [5.74, 6) is 0. The van der Waals surface area contributed by atoms with Crippen molar-refractivity contribution in [2.75, 3.05) is 11.9 Å². The van der Waals surface area contributed by atoms with Crippen LogP contribution in [0.5, 0.6) is 0 Å². The van der Waals surface area contributed by atoms with Gasteiger partial charge < -0.3 is 4.90 Å². The monoisotopic (exact) mass is 297 g/mol. The van der Waals surface area contributed by atoms with Crippen molar-refractivity contribution in [3.8, 4) is 0 Å². The van der Waals surface area contributed by atoms with Crippen LogP contribution < -0.4 is 4.90 Å². The Morgan fingerprint density at radius 2 is 2.26 bits per heavy atom. The Bertz CT molecular complexity index is 601. The Morgan fingerprint density at radius 3 is 2.84 bits per heavy atom. The first kappa shape index (κ1) is 13.8. The van der Waals surface area contributed by atoms with E-state index >= 15 is 0 Å². The summed E-state index contributed by atoms with van der Waals surface area (Å²) < 4.78 is 0. The Morgan fingerprint density at radius 1 is 1.53 bits per heavy atom. The van der Waals surface area contributed by atoms with Gasteiger partial charge in [0.2, 0.25) is 0 Å². The van der Waals surface area contributed by atoms with Gasteiger partial charge in [-0.05, 0) is 13.0 Å². The van der Waals surface area contributed by atoms with Crippen LogP contribution in [0.1, 0.15) is 10.6 Å². The standard InChI is InChI=1S/C12H12ClN3O2S/c1-8-5-11(9(13)6-10(8)16(17)18)15(2)7-12-14-3-4-19-12/h3-6H,7H2,1-2H3. The number of thiazole rings is 1. The summed E-state index contributed by atoms with van der Waals surface area (Å²) >= 11 is 7.68. The first-order valence-electron chi connectivity index (χ1n) is 5.53. The smallest absolute Gasteiger partial charge is 0.273 e. The number of halogens is 1. The summed E-state index contributed by atoms with van der Waals surface area (Å²) in [6, 6.07) is 3.12. The lowest BCUT2D eigenvalue weighted by Gasteiger charge is -2.19. The third-order valence-electron chi connectivity index (χ3n) is 2.73. The first-order valence-corrected chi connectivity index (χ1v) is 6.79. The molecule has 1 heterocycles. The first-order chi connectivity index (χ1) is 8.99. The van der Waals surface area contributed by atoms with E-state index in [0.29, 0.717) is 17.1 Å². The van der Waals surface area contributed by atoms with Crippen molar-refractivity contribution >= 4 is 34.3 Å². The van der Waals surface area contributed by atoms with Crippen LogP contribution in [0.4, 0.5) is 11.4 Å². The van der Waals surface area contributed by atoms with Crippen molar-refractivity contribution in [1.29, 1.82) is 0 Å². The minimum Gasteiger partial charge on any atom is -0.367 e. The molecular weight excluding hydrogens is 286 g/mol. The van der Waals surface area contributed by atoms with Gasteiger partial charge in [-0.2, -0.15) is 0 Å². The maximum Gasteiger partial charge on any atom is 0.273 e. The second-order valence-electron chi connectivity index (χ2n) is 4.13. The van der Waals surface area contributed by atoms with Crippen molar-refractivity contribution in [3.05, 3.63) is 49.4 Å². The van der Waals surface area contributed by atoms with Gasteiger partial charge in [-0.15, -0.1) is 11.3 Å². The second-order valence-corrected chi connectivity index (χ2v) is 5.52. The predicted octanol–water partition coefficient (Wildman–Crippen LogP) is 3.65. The predicted molar refractivity (Wildman–Crippen MR) is 77.1 cm³/mol. The molecule has 2 rings (SSSR count). The molecule has 19 heavy (non-hydrogen) atoms. The zero-order valence-corrected chi connectivity index (χ0v) is 12.0. The lowest BCUT2D eigenvalue weighted by Crippen LogP contribution is -2.17. The van der Waals surface area contributed by atoms with Crippen LogP contribution in [0.25, 0.3) is 0 Å². The highest BCUT2D eigenvalue weighted by atomic mass is 35.5. The molecule has 7 heteroatoms. The van der Waals surface area contributed by atoms with Crippen molar-refractivity contribution in [2.24, 2.45) is 0 Å². The Balaban J connectivity index is 2.29. The number of rotatable bonds is 4. The van der Waals surface area contributed by atoms with Crippen LogP contribution in [-0.4, -0.2) is 17.0 Å². The topological polar surface area (TPSA) is 59.3 Å². The van der Waals surface area contributed by atoms with Gasteiger partial charge >= 0.3 is 0 Å². The van der Waals surface area contributed by atoms with E-state index in [4.69, 9.17) is 11.6 Å². The summed E-state index contributed by atoms with van der Waals surface area (Å²) in [4.78, 5) is 16.5. The maximum atomic E-state index is 10.8. The van der Waals surface area contributed by atoms with Gasteiger partial charge in [0.25, 0.3) is 5.69 Å². The normalized spacial score (nSPS) is 10.5. The third-order valence-corrected chi connectivity index (χ3v) is 3.80. The molecule has 0 radical (unpaired) electrons. The molecule has 0 aliphatic rings. The number of hydrogen-bond donors (Lipinski definition) is 0. The Kier molecular flexibility index (Phi) is 4.01. The van der Waals surface area contributed by atoms with E-state index in [1.54, 1.807) is 30.5 Å². The molecule has 2 aromatic rings. The number of nitro groups is 1. The van der Waals surface area contributed by atoms with Gasteiger partial charge in [-0.25, -0.2) is 4.98 Å². The molecule has 0 bridgehead atoms. The van der Waals surface area contributed by atoms with E-state index in [-0.39, 0.29) is 5.69 Å². The van der Waals surface area contributed by atoms with Crippen LogP contribution in [-0.2, 0) is 6.54 Å². The van der Waals surface area contributed by atoms with Crippen LogP contribution in [0.2, 0.25) is 5.02 Å². The summed E-state index contributed by atoms with van der Waals surface area (Å²) in [5, 5.41) is 14.1. The van der Waals surface area contributed by atoms with E-state index < -0.39 is 4.92 Å². The molecule has 0 aliphatic heterocycles. The number of aryl methyl sites for hydroxylation is 1. The minimum absolute atomic E-state index is 0.0383. The highest BCUT2D eigenvalue weighted by molar-refractivity contribution is 7.09. The highest BCUT2D eigenvalue weighted by Gasteiger charge is 2.16. The fraction of sp³-hybridized carbons (Fsp3) is 0.250. The van der Waals surface area contributed by atoms with Gasteiger partial charge in [0.05, 0.1) is 22.2 Å². The van der Waals surface area contributed by atoms with Crippen LogP contribution in [0.15, 0.2) is 23.7 Å². The quantitative estimate of drug-likeness (QED) is 0.638. The number of aromatic nitrogens is 1. The number of hydrogen-bond acceptors (Lipinski definition) is 5. The van der Waals surface area contributed by atoms with Crippen LogP contribution >= 0.6 is 22.9 Å². The molecule has 100 valence electrons. The lowest BCUT2D eigenvalue weighted by molar-refractivity contribution is -0.385. The van der Waals surface area contributed by atoms with Crippen molar-refractivity contribution in [1.82, 2.24) is 4.98 Å². The molecule has 0 saturated heterocycles. The van der Waals surface area contributed by atoms with Crippen LogP contribution in [0.3, 0.4) is 0 Å². The molecule has 0 amide bonds. The second kappa shape index (κ2) is 5.54. The third kappa shape index (κ3) is 3.02. The Hall–Kier alpha value is -1.66. The van der Waals surface area contributed by atoms with Crippen molar-refractivity contribution in [2.45, 2.75) is 13.5 Å². The molecule has 0 aliphatic carbocycles. The number of nitro benzene ring substituents is 1. The van der Waals surface area contributed by atoms with Crippen LogP contribution in [0, 0.1) is 17.0 Å². The zero-order chi connectivity index (χ0) is 14.0. The molecule has 0 N–H and O–H groups in total. The molecule has 5 nitrogen and oxygen atoms in total. The van der Waals surface area contributed by atoms with Gasteiger partial charge in [0.1, 0.15) is 5.01 Å². The van der Waals surface area contributed by atoms with E-state index in [1.807, 2.05) is 17.3 Å². The molecular formula is C12H12ClN3O2S. The van der Waals surface area contributed by atoms with Gasteiger partial charge in [0, 0.05) is 30.3 Å². The van der Waals surface area contributed by atoms with Gasteiger partial charge in [-0.3, -0.25) is 10.1 Å². The van der Waals surface area contributed by atoms with E-state index in [2.05, 4.69) is 4.98 Å². The fourth-order valence-electron chi connectivity index (χ4n) is 1.76. The molecule has 0 atom stereocenters. The van der Waals surface area contributed by atoms with Gasteiger partial charge in [-0.1, -0.05) is 11.6 Å². The maximum absolute atomic E-state index is 10.8. The number of anilines is 1. The van der Waals surface area contributed by atoms with E-state index in [9.17, 15) is 10.1 Å². The number of benzene rings is 1. The average Bonchev–Trinajstić information content (AvgIpc) is 2.83. The molecule has 0 fully saturated rings. The summed E-state index contributed by atoms with van der Waals surface area (Å²) in [5.41, 5.74) is 1.40. The van der Waals surface area contributed by atoms with E-state index in [0.717, 1.165) is 10.7 Å². The highest BCUT2D eigenvalue weighted by Crippen LogP contribution is 2.33. The van der Waals surface area contributed by atoms with Crippen molar-refractivity contribution < 1.29 is 4.92 Å². The summed E-state index contributed by atoms with van der Waals surface area (Å²) in [6.45, 7) is 2.32. The zero-order valence-electron chi connectivity index (χ0n) is 10.5.